The Morgan fingerprint density at radius 3 is 2.42 bits per heavy atom. The summed E-state index contributed by atoms with van der Waals surface area (Å²) in [6.45, 7) is 4.69. The Kier molecular flexibility index (Phi) is 3.59. The van der Waals surface area contributed by atoms with Crippen LogP contribution < -0.4 is 5.32 Å². The molecule has 0 saturated heterocycles. The first-order valence-corrected chi connectivity index (χ1v) is 8.05. The van der Waals surface area contributed by atoms with Gasteiger partial charge in [0.15, 0.2) is 0 Å². The van der Waals surface area contributed by atoms with Crippen molar-refractivity contribution in [1.29, 1.82) is 0 Å². The first-order chi connectivity index (χ1) is 9.06. The highest BCUT2D eigenvalue weighted by Gasteiger charge is 2.51. The number of rotatable bonds is 3. The van der Waals surface area contributed by atoms with Gasteiger partial charge >= 0.3 is 5.97 Å². The van der Waals surface area contributed by atoms with Gasteiger partial charge in [-0.2, -0.15) is 0 Å². The molecule has 19 heavy (non-hydrogen) atoms. The Morgan fingerprint density at radius 1 is 1.00 bits per heavy atom. The number of carboxylic acid groups (broad SMARTS) is 1. The van der Waals surface area contributed by atoms with E-state index in [0.717, 1.165) is 24.7 Å². The SMILES string of the molecule is CC1CCC(NC2C3CCC(C3)C2C(=O)O)CC1C. The minimum Gasteiger partial charge on any atom is -0.481 e. The van der Waals surface area contributed by atoms with E-state index in [9.17, 15) is 9.90 Å². The second-order valence-electron chi connectivity index (χ2n) is 7.35. The molecule has 0 spiro atoms. The molecule has 3 fully saturated rings. The predicted molar refractivity (Wildman–Crippen MR) is 74.8 cm³/mol. The second-order valence-corrected chi connectivity index (χ2v) is 7.35. The predicted octanol–water partition coefficient (Wildman–Crippen LogP) is 2.90. The molecule has 7 unspecified atom stereocenters. The number of nitrogens with one attached hydrogen (secondary N) is 1. The second kappa shape index (κ2) is 5.08. The highest BCUT2D eigenvalue weighted by molar-refractivity contribution is 5.72. The molecule has 3 heteroatoms. The quantitative estimate of drug-likeness (QED) is 0.825. The highest BCUT2D eigenvalue weighted by Crippen LogP contribution is 2.49. The van der Waals surface area contributed by atoms with Crippen molar-refractivity contribution in [2.45, 2.75) is 64.5 Å². The monoisotopic (exact) mass is 265 g/mol. The van der Waals surface area contributed by atoms with Crippen LogP contribution in [0.4, 0.5) is 0 Å². The molecule has 0 aromatic carbocycles. The van der Waals surface area contributed by atoms with Crippen LogP contribution >= 0.6 is 0 Å². The molecule has 0 aromatic rings. The first kappa shape index (κ1) is 13.4. The summed E-state index contributed by atoms with van der Waals surface area (Å²) in [5.41, 5.74) is 0. The summed E-state index contributed by atoms with van der Waals surface area (Å²) >= 11 is 0. The van der Waals surface area contributed by atoms with Crippen LogP contribution in [-0.4, -0.2) is 23.2 Å². The zero-order chi connectivity index (χ0) is 13.6. The third-order valence-electron chi connectivity index (χ3n) is 6.23. The van der Waals surface area contributed by atoms with E-state index in [1.165, 1.54) is 25.7 Å². The van der Waals surface area contributed by atoms with E-state index >= 15 is 0 Å². The number of aliphatic carboxylic acids is 1. The molecule has 0 aromatic heterocycles. The molecular formula is C16H27NO2. The van der Waals surface area contributed by atoms with Gasteiger partial charge in [0.25, 0.3) is 0 Å². The van der Waals surface area contributed by atoms with Crippen LogP contribution in [0.2, 0.25) is 0 Å². The van der Waals surface area contributed by atoms with Crippen LogP contribution in [0.3, 0.4) is 0 Å². The number of carboxylic acids is 1. The summed E-state index contributed by atoms with van der Waals surface area (Å²) in [6.07, 6.45) is 7.26. The number of hydrogen-bond donors (Lipinski definition) is 2. The maximum Gasteiger partial charge on any atom is 0.308 e. The van der Waals surface area contributed by atoms with Gasteiger partial charge in [-0.05, 0) is 62.2 Å². The van der Waals surface area contributed by atoms with Crippen LogP contribution in [0.25, 0.3) is 0 Å². The smallest absolute Gasteiger partial charge is 0.308 e. The van der Waals surface area contributed by atoms with E-state index in [4.69, 9.17) is 0 Å². The summed E-state index contributed by atoms with van der Waals surface area (Å²) in [5, 5.41) is 13.2. The average Bonchev–Trinajstić information content (AvgIpc) is 2.94. The molecule has 3 aliphatic carbocycles. The minimum absolute atomic E-state index is 0.117. The Morgan fingerprint density at radius 2 is 1.74 bits per heavy atom. The lowest BCUT2D eigenvalue weighted by Crippen LogP contribution is -2.50. The van der Waals surface area contributed by atoms with E-state index < -0.39 is 5.97 Å². The van der Waals surface area contributed by atoms with Crippen molar-refractivity contribution in [3.63, 3.8) is 0 Å². The van der Waals surface area contributed by atoms with Crippen molar-refractivity contribution in [2.24, 2.45) is 29.6 Å². The number of fused-ring (bicyclic) bond motifs is 2. The van der Waals surface area contributed by atoms with E-state index in [1.54, 1.807) is 0 Å². The molecule has 2 N–H and O–H groups in total. The van der Waals surface area contributed by atoms with Crippen molar-refractivity contribution in [1.82, 2.24) is 5.32 Å². The zero-order valence-corrected chi connectivity index (χ0v) is 12.1. The fourth-order valence-corrected chi connectivity index (χ4v) is 4.86. The van der Waals surface area contributed by atoms with Crippen LogP contribution in [0.5, 0.6) is 0 Å². The van der Waals surface area contributed by atoms with Crippen LogP contribution in [0, 0.1) is 29.6 Å². The number of carbonyl (C=O) groups is 1. The molecule has 0 aliphatic heterocycles. The van der Waals surface area contributed by atoms with E-state index in [1.807, 2.05) is 0 Å². The summed E-state index contributed by atoms with van der Waals surface area (Å²) in [7, 11) is 0. The molecular weight excluding hydrogens is 238 g/mol. The molecule has 3 nitrogen and oxygen atoms in total. The van der Waals surface area contributed by atoms with Crippen LogP contribution in [0.15, 0.2) is 0 Å². The molecule has 0 radical (unpaired) electrons. The van der Waals surface area contributed by atoms with E-state index in [-0.39, 0.29) is 12.0 Å². The summed E-state index contributed by atoms with van der Waals surface area (Å²) in [5.74, 6) is 1.98. The topological polar surface area (TPSA) is 49.3 Å². The molecule has 108 valence electrons. The Bertz CT molecular complexity index is 357. The molecule has 0 heterocycles. The largest absolute Gasteiger partial charge is 0.481 e. The highest BCUT2D eigenvalue weighted by atomic mass is 16.4. The molecule has 7 atom stereocenters. The van der Waals surface area contributed by atoms with Gasteiger partial charge < -0.3 is 10.4 Å². The molecule has 3 rings (SSSR count). The third-order valence-corrected chi connectivity index (χ3v) is 6.23. The Labute approximate surface area is 116 Å². The minimum atomic E-state index is -0.568. The van der Waals surface area contributed by atoms with Crippen molar-refractivity contribution in [2.75, 3.05) is 0 Å². The third kappa shape index (κ3) is 2.42. The van der Waals surface area contributed by atoms with Gasteiger partial charge in [-0.3, -0.25) is 4.79 Å². The van der Waals surface area contributed by atoms with Gasteiger partial charge in [-0.25, -0.2) is 0 Å². The zero-order valence-electron chi connectivity index (χ0n) is 12.1. The van der Waals surface area contributed by atoms with Gasteiger partial charge in [-0.15, -0.1) is 0 Å². The molecule has 3 saturated carbocycles. The Hall–Kier alpha value is -0.570. The van der Waals surface area contributed by atoms with E-state index in [2.05, 4.69) is 19.2 Å². The van der Waals surface area contributed by atoms with Crippen molar-refractivity contribution in [3.05, 3.63) is 0 Å². The first-order valence-electron chi connectivity index (χ1n) is 8.05. The van der Waals surface area contributed by atoms with Gasteiger partial charge in [0, 0.05) is 12.1 Å². The van der Waals surface area contributed by atoms with E-state index in [0.29, 0.717) is 17.9 Å². The van der Waals surface area contributed by atoms with Crippen molar-refractivity contribution >= 4 is 5.97 Å². The maximum atomic E-state index is 11.5. The summed E-state index contributed by atoms with van der Waals surface area (Å²) in [6, 6.07) is 0.805. The average molecular weight is 265 g/mol. The maximum absolute atomic E-state index is 11.5. The lowest BCUT2D eigenvalue weighted by atomic mass is 9.77. The van der Waals surface area contributed by atoms with Crippen molar-refractivity contribution < 1.29 is 9.90 Å². The normalized spacial score (nSPS) is 49.5. The van der Waals surface area contributed by atoms with Gasteiger partial charge in [0.1, 0.15) is 0 Å². The lowest BCUT2D eigenvalue weighted by Gasteiger charge is -2.38. The summed E-state index contributed by atoms with van der Waals surface area (Å²) < 4.78 is 0. The number of hydrogen-bond acceptors (Lipinski definition) is 2. The van der Waals surface area contributed by atoms with Crippen molar-refractivity contribution in [3.8, 4) is 0 Å². The van der Waals surface area contributed by atoms with Gasteiger partial charge in [0.05, 0.1) is 5.92 Å². The van der Waals surface area contributed by atoms with Gasteiger partial charge in [0.2, 0.25) is 0 Å². The fourth-order valence-electron chi connectivity index (χ4n) is 4.86. The molecule has 0 amide bonds. The standard InChI is InChI=1S/C16H27NO2/c1-9-3-6-13(7-10(9)2)17-15-12-5-4-11(8-12)14(15)16(18)19/h9-15,17H,3-8H2,1-2H3,(H,18,19). The lowest BCUT2D eigenvalue weighted by molar-refractivity contribution is -0.144. The Balaban J connectivity index is 1.64. The van der Waals surface area contributed by atoms with Crippen LogP contribution in [-0.2, 0) is 4.79 Å². The molecule has 3 aliphatic rings. The summed E-state index contributed by atoms with van der Waals surface area (Å²) in [4.78, 5) is 11.5. The fraction of sp³-hybridized carbons (Fsp3) is 0.938. The van der Waals surface area contributed by atoms with Gasteiger partial charge in [-0.1, -0.05) is 13.8 Å². The molecule has 2 bridgehead atoms. The van der Waals surface area contributed by atoms with Crippen LogP contribution in [0.1, 0.15) is 52.4 Å².